The molecule has 1 heterocycles. The summed E-state index contributed by atoms with van der Waals surface area (Å²) in [6.07, 6.45) is 0. The molecule has 2 N–H and O–H groups in total. The Balaban J connectivity index is 1.88. The molecule has 0 amide bonds. The molecule has 128 valence electrons. The minimum absolute atomic E-state index is 0.175. The van der Waals surface area contributed by atoms with Gasteiger partial charge >= 0.3 is 0 Å². The molecular formula is C20H13Cl2N3O. The highest BCUT2D eigenvalue weighted by molar-refractivity contribution is 6.36. The first kappa shape index (κ1) is 16.6. The molecule has 4 aromatic rings. The third kappa shape index (κ3) is 3.29. The zero-order valence-electron chi connectivity index (χ0n) is 13.4. The zero-order valence-corrected chi connectivity index (χ0v) is 15.0. The third-order valence-electron chi connectivity index (χ3n) is 3.88. The van der Waals surface area contributed by atoms with Crippen molar-refractivity contribution in [3.05, 3.63) is 76.8 Å². The van der Waals surface area contributed by atoms with E-state index in [1.54, 1.807) is 36.4 Å². The van der Waals surface area contributed by atoms with Crippen LogP contribution in [0.15, 0.2) is 66.7 Å². The molecule has 0 aliphatic rings. The molecule has 4 nitrogen and oxygen atoms in total. The number of anilines is 2. The molecule has 0 saturated heterocycles. The number of phenols is 1. The Morgan fingerprint density at radius 1 is 0.846 bits per heavy atom. The van der Waals surface area contributed by atoms with Gasteiger partial charge in [-0.15, -0.1) is 0 Å². The minimum Gasteiger partial charge on any atom is -0.508 e. The van der Waals surface area contributed by atoms with Crippen LogP contribution in [-0.4, -0.2) is 15.1 Å². The van der Waals surface area contributed by atoms with Crippen LogP contribution < -0.4 is 5.32 Å². The van der Waals surface area contributed by atoms with Gasteiger partial charge < -0.3 is 10.4 Å². The Bertz CT molecular complexity index is 1120. The number of aromatic hydroxyl groups is 1. The van der Waals surface area contributed by atoms with Crippen molar-refractivity contribution in [3.63, 3.8) is 0 Å². The summed E-state index contributed by atoms with van der Waals surface area (Å²) in [5.74, 6) is 1.30. The van der Waals surface area contributed by atoms with E-state index in [-0.39, 0.29) is 5.75 Å². The highest BCUT2D eigenvalue weighted by Crippen LogP contribution is 2.32. The molecule has 0 spiro atoms. The fraction of sp³-hybridized carbons (Fsp3) is 0. The third-order valence-corrected chi connectivity index (χ3v) is 4.43. The highest BCUT2D eigenvalue weighted by Gasteiger charge is 2.12. The number of halogens is 2. The normalized spacial score (nSPS) is 10.8. The standard InChI is InChI=1S/C20H13Cl2N3O/c21-12-8-9-15(17(22)10-12)19-24-18-7-2-1-6-16(18)20(25-19)23-13-4-3-5-14(26)11-13/h1-11,26H,(H,23,24,25). The van der Waals surface area contributed by atoms with Crippen molar-refractivity contribution in [1.29, 1.82) is 0 Å². The van der Waals surface area contributed by atoms with E-state index in [1.165, 1.54) is 0 Å². The molecule has 0 fully saturated rings. The maximum Gasteiger partial charge on any atom is 0.163 e. The molecule has 26 heavy (non-hydrogen) atoms. The van der Waals surface area contributed by atoms with Crippen LogP contribution in [0.5, 0.6) is 5.75 Å². The number of nitrogens with zero attached hydrogens (tertiary/aromatic N) is 2. The molecule has 1 aromatic heterocycles. The number of rotatable bonds is 3. The topological polar surface area (TPSA) is 58.0 Å². The number of para-hydroxylation sites is 1. The number of nitrogens with one attached hydrogen (secondary N) is 1. The van der Waals surface area contributed by atoms with Crippen molar-refractivity contribution in [2.45, 2.75) is 0 Å². The summed E-state index contributed by atoms with van der Waals surface area (Å²) in [6.45, 7) is 0. The summed E-state index contributed by atoms with van der Waals surface area (Å²) in [7, 11) is 0. The molecule has 0 radical (unpaired) electrons. The lowest BCUT2D eigenvalue weighted by atomic mass is 10.1. The quantitative estimate of drug-likeness (QED) is 0.453. The predicted octanol–water partition coefficient (Wildman–Crippen LogP) is 6.05. The van der Waals surface area contributed by atoms with E-state index in [1.807, 2.05) is 30.3 Å². The fourth-order valence-electron chi connectivity index (χ4n) is 2.68. The first-order valence-electron chi connectivity index (χ1n) is 7.88. The lowest BCUT2D eigenvalue weighted by Crippen LogP contribution is -1.99. The number of benzene rings is 3. The van der Waals surface area contributed by atoms with Crippen molar-refractivity contribution >= 4 is 45.6 Å². The van der Waals surface area contributed by atoms with Crippen molar-refractivity contribution in [3.8, 4) is 17.1 Å². The van der Waals surface area contributed by atoms with Gasteiger partial charge in [-0.25, -0.2) is 9.97 Å². The van der Waals surface area contributed by atoms with Crippen LogP contribution in [0.4, 0.5) is 11.5 Å². The Morgan fingerprint density at radius 3 is 2.50 bits per heavy atom. The Hall–Kier alpha value is -2.82. The van der Waals surface area contributed by atoms with E-state index in [4.69, 9.17) is 23.2 Å². The Morgan fingerprint density at radius 2 is 1.69 bits per heavy atom. The average molecular weight is 382 g/mol. The molecule has 0 aliphatic heterocycles. The molecule has 6 heteroatoms. The van der Waals surface area contributed by atoms with Gasteiger partial charge in [0, 0.05) is 27.7 Å². The largest absolute Gasteiger partial charge is 0.508 e. The molecule has 0 atom stereocenters. The second kappa shape index (κ2) is 6.83. The first-order valence-corrected chi connectivity index (χ1v) is 8.64. The smallest absolute Gasteiger partial charge is 0.163 e. The van der Waals surface area contributed by atoms with Crippen molar-refractivity contribution in [1.82, 2.24) is 9.97 Å². The number of fused-ring (bicyclic) bond motifs is 1. The summed E-state index contributed by atoms with van der Waals surface area (Å²) in [4.78, 5) is 9.28. The molecule has 3 aromatic carbocycles. The zero-order chi connectivity index (χ0) is 18.1. The van der Waals surface area contributed by atoms with Gasteiger partial charge in [0.05, 0.1) is 10.5 Å². The van der Waals surface area contributed by atoms with Gasteiger partial charge in [0.2, 0.25) is 0 Å². The number of phenolic OH excluding ortho intramolecular Hbond substituents is 1. The lowest BCUT2D eigenvalue weighted by molar-refractivity contribution is 0.475. The highest BCUT2D eigenvalue weighted by atomic mass is 35.5. The van der Waals surface area contributed by atoms with E-state index in [2.05, 4.69) is 15.3 Å². The number of aromatic nitrogens is 2. The SMILES string of the molecule is Oc1cccc(Nc2nc(-c3ccc(Cl)cc3Cl)nc3ccccc23)c1. The van der Waals surface area contributed by atoms with Crippen molar-refractivity contribution in [2.24, 2.45) is 0 Å². The van der Waals surface area contributed by atoms with Gasteiger partial charge in [-0.3, -0.25) is 0 Å². The summed E-state index contributed by atoms with van der Waals surface area (Å²) in [6, 6.07) is 19.8. The van der Waals surface area contributed by atoms with Crippen LogP contribution in [0, 0.1) is 0 Å². The summed E-state index contributed by atoms with van der Waals surface area (Å²) < 4.78 is 0. The fourth-order valence-corrected chi connectivity index (χ4v) is 3.18. The molecule has 0 bridgehead atoms. The molecular weight excluding hydrogens is 369 g/mol. The monoisotopic (exact) mass is 381 g/mol. The maximum absolute atomic E-state index is 9.70. The first-order chi connectivity index (χ1) is 12.6. The van der Waals surface area contributed by atoms with Gasteiger partial charge in [0.25, 0.3) is 0 Å². The van der Waals surface area contributed by atoms with Crippen LogP contribution in [0.1, 0.15) is 0 Å². The summed E-state index contributed by atoms with van der Waals surface area (Å²) in [5.41, 5.74) is 2.20. The van der Waals surface area contributed by atoms with E-state index < -0.39 is 0 Å². The van der Waals surface area contributed by atoms with Crippen LogP contribution in [-0.2, 0) is 0 Å². The van der Waals surface area contributed by atoms with Crippen LogP contribution in [0.25, 0.3) is 22.3 Å². The maximum atomic E-state index is 9.70. The second-order valence-corrected chi connectivity index (χ2v) is 6.56. The van der Waals surface area contributed by atoms with Gasteiger partial charge in [-0.1, -0.05) is 41.4 Å². The number of hydrogen-bond acceptors (Lipinski definition) is 4. The van der Waals surface area contributed by atoms with Crippen LogP contribution in [0.3, 0.4) is 0 Å². The Labute approximate surface area is 160 Å². The number of hydrogen-bond donors (Lipinski definition) is 2. The van der Waals surface area contributed by atoms with E-state index in [9.17, 15) is 5.11 Å². The van der Waals surface area contributed by atoms with E-state index >= 15 is 0 Å². The van der Waals surface area contributed by atoms with Gasteiger partial charge in [-0.2, -0.15) is 0 Å². The minimum atomic E-state index is 0.175. The molecule has 0 unspecified atom stereocenters. The summed E-state index contributed by atoms with van der Waals surface area (Å²) >= 11 is 12.3. The van der Waals surface area contributed by atoms with E-state index in [0.717, 1.165) is 16.6 Å². The molecule has 0 aliphatic carbocycles. The van der Waals surface area contributed by atoms with Gasteiger partial charge in [0.1, 0.15) is 11.6 Å². The average Bonchev–Trinajstić information content (AvgIpc) is 2.61. The van der Waals surface area contributed by atoms with Crippen molar-refractivity contribution in [2.75, 3.05) is 5.32 Å². The van der Waals surface area contributed by atoms with Crippen LogP contribution >= 0.6 is 23.2 Å². The van der Waals surface area contributed by atoms with Gasteiger partial charge in [-0.05, 0) is 42.5 Å². The van der Waals surface area contributed by atoms with E-state index in [0.29, 0.717) is 27.3 Å². The van der Waals surface area contributed by atoms with Crippen molar-refractivity contribution < 1.29 is 5.11 Å². The summed E-state index contributed by atoms with van der Waals surface area (Å²) in [5, 5.41) is 14.8. The molecule has 4 rings (SSSR count). The molecule has 0 saturated carbocycles. The Kier molecular flexibility index (Phi) is 4.37. The predicted molar refractivity (Wildman–Crippen MR) is 106 cm³/mol. The van der Waals surface area contributed by atoms with Gasteiger partial charge in [0.15, 0.2) is 5.82 Å². The second-order valence-electron chi connectivity index (χ2n) is 5.71. The lowest BCUT2D eigenvalue weighted by Gasteiger charge is -2.12. The van der Waals surface area contributed by atoms with Crippen LogP contribution in [0.2, 0.25) is 10.0 Å².